The predicted octanol–water partition coefficient (Wildman–Crippen LogP) is 4.63. The molecule has 3 aromatic rings. The molecule has 126 valence electrons. The van der Waals surface area contributed by atoms with E-state index in [4.69, 9.17) is 10.5 Å². The smallest absolute Gasteiger partial charge is 0.224 e. The lowest BCUT2D eigenvalue weighted by molar-refractivity contribution is -0.116. The van der Waals surface area contributed by atoms with Crippen molar-refractivity contribution in [2.45, 2.75) is 12.8 Å². The zero-order chi connectivity index (χ0) is 17.5. The number of amides is 1. The molecular formula is C21H20N2O2. The molecule has 0 atom stereocenters. The molecule has 0 unspecified atom stereocenters. The molecule has 0 aliphatic carbocycles. The van der Waals surface area contributed by atoms with E-state index in [-0.39, 0.29) is 5.91 Å². The number of benzene rings is 3. The van der Waals surface area contributed by atoms with Gasteiger partial charge in [0.15, 0.2) is 0 Å². The van der Waals surface area contributed by atoms with Crippen LogP contribution in [0.4, 0.5) is 11.4 Å². The van der Waals surface area contributed by atoms with Crippen LogP contribution in [0.2, 0.25) is 0 Å². The monoisotopic (exact) mass is 332 g/mol. The maximum atomic E-state index is 12.2. The van der Waals surface area contributed by atoms with Crippen LogP contribution in [-0.4, -0.2) is 5.91 Å². The average molecular weight is 332 g/mol. The second-order valence-corrected chi connectivity index (χ2v) is 5.74. The van der Waals surface area contributed by atoms with E-state index in [9.17, 15) is 4.79 Å². The first-order valence-corrected chi connectivity index (χ1v) is 8.16. The van der Waals surface area contributed by atoms with E-state index < -0.39 is 0 Å². The summed E-state index contributed by atoms with van der Waals surface area (Å²) in [6.45, 7) is 0. The van der Waals surface area contributed by atoms with Crippen molar-refractivity contribution in [3.63, 3.8) is 0 Å². The molecule has 0 aliphatic rings. The van der Waals surface area contributed by atoms with Gasteiger partial charge in [0.05, 0.1) is 0 Å². The van der Waals surface area contributed by atoms with Crippen molar-refractivity contribution in [1.82, 2.24) is 0 Å². The van der Waals surface area contributed by atoms with Gasteiger partial charge in [0.1, 0.15) is 11.5 Å². The number of anilines is 2. The number of rotatable bonds is 6. The molecular weight excluding hydrogens is 312 g/mol. The Balaban J connectivity index is 1.57. The highest BCUT2D eigenvalue weighted by Gasteiger charge is 2.05. The summed E-state index contributed by atoms with van der Waals surface area (Å²) in [4.78, 5) is 12.2. The third kappa shape index (κ3) is 5.11. The molecule has 0 fully saturated rings. The Hall–Kier alpha value is -3.27. The summed E-state index contributed by atoms with van der Waals surface area (Å²) in [7, 11) is 0. The van der Waals surface area contributed by atoms with Gasteiger partial charge in [-0.2, -0.15) is 0 Å². The minimum absolute atomic E-state index is 0.0423. The van der Waals surface area contributed by atoms with Crippen LogP contribution in [0, 0.1) is 0 Å². The number of hydrogen-bond donors (Lipinski definition) is 2. The Morgan fingerprint density at radius 1 is 0.880 bits per heavy atom. The van der Waals surface area contributed by atoms with Crippen LogP contribution in [0.5, 0.6) is 11.5 Å². The first-order valence-electron chi connectivity index (χ1n) is 8.16. The van der Waals surface area contributed by atoms with Crippen molar-refractivity contribution in [3.8, 4) is 11.5 Å². The van der Waals surface area contributed by atoms with Gasteiger partial charge in [-0.15, -0.1) is 0 Å². The van der Waals surface area contributed by atoms with Crippen molar-refractivity contribution in [1.29, 1.82) is 0 Å². The molecule has 0 saturated carbocycles. The van der Waals surface area contributed by atoms with Crippen LogP contribution in [0.25, 0.3) is 0 Å². The fourth-order valence-electron chi connectivity index (χ4n) is 2.49. The van der Waals surface area contributed by atoms with Crippen LogP contribution in [0.3, 0.4) is 0 Å². The van der Waals surface area contributed by atoms with Gasteiger partial charge in [-0.05, 0) is 48.4 Å². The van der Waals surface area contributed by atoms with Gasteiger partial charge in [-0.1, -0.05) is 36.4 Å². The fourth-order valence-corrected chi connectivity index (χ4v) is 2.49. The quantitative estimate of drug-likeness (QED) is 0.647. The summed E-state index contributed by atoms with van der Waals surface area (Å²) < 4.78 is 5.78. The molecule has 3 N–H and O–H groups in total. The first kappa shape index (κ1) is 16.6. The molecule has 0 radical (unpaired) electrons. The molecule has 3 rings (SSSR count). The van der Waals surface area contributed by atoms with Crippen molar-refractivity contribution in [3.05, 3.63) is 84.4 Å². The molecule has 0 aliphatic heterocycles. The van der Waals surface area contributed by atoms with Gasteiger partial charge in [-0.3, -0.25) is 4.79 Å². The van der Waals surface area contributed by atoms with Crippen molar-refractivity contribution >= 4 is 17.3 Å². The molecule has 0 heterocycles. The van der Waals surface area contributed by atoms with E-state index in [2.05, 4.69) is 5.32 Å². The second kappa shape index (κ2) is 8.02. The molecule has 0 bridgehead atoms. The molecule has 4 heteroatoms. The number of para-hydroxylation sites is 1. The third-order valence-corrected chi connectivity index (χ3v) is 3.69. The molecule has 4 nitrogen and oxygen atoms in total. The average Bonchev–Trinajstić information content (AvgIpc) is 2.61. The molecule has 25 heavy (non-hydrogen) atoms. The zero-order valence-electron chi connectivity index (χ0n) is 13.8. The molecule has 0 aromatic heterocycles. The number of nitrogens with one attached hydrogen (secondary N) is 1. The second-order valence-electron chi connectivity index (χ2n) is 5.74. The largest absolute Gasteiger partial charge is 0.457 e. The van der Waals surface area contributed by atoms with E-state index in [1.807, 2.05) is 78.9 Å². The number of aryl methyl sites for hydroxylation is 1. The minimum Gasteiger partial charge on any atom is -0.457 e. The number of hydrogen-bond acceptors (Lipinski definition) is 3. The predicted molar refractivity (Wildman–Crippen MR) is 101 cm³/mol. The van der Waals surface area contributed by atoms with E-state index in [1.165, 1.54) is 0 Å². The summed E-state index contributed by atoms with van der Waals surface area (Å²) >= 11 is 0. The van der Waals surface area contributed by atoms with Gasteiger partial charge < -0.3 is 15.8 Å². The van der Waals surface area contributed by atoms with Gasteiger partial charge in [0, 0.05) is 23.9 Å². The Morgan fingerprint density at radius 2 is 1.64 bits per heavy atom. The van der Waals surface area contributed by atoms with Gasteiger partial charge >= 0.3 is 0 Å². The van der Waals surface area contributed by atoms with E-state index in [0.717, 1.165) is 11.3 Å². The van der Waals surface area contributed by atoms with E-state index in [1.54, 1.807) is 0 Å². The first-order chi connectivity index (χ1) is 12.2. The van der Waals surface area contributed by atoms with Crippen LogP contribution in [0.15, 0.2) is 78.9 Å². The summed E-state index contributed by atoms with van der Waals surface area (Å²) in [6.07, 6.45) is 1.05. The lowest BCUT2D eigenvalue weighted by Gasteiger charge is -2.09. The SMILES string of the molecule is Nc1cccc(CCC(=O)Nc2cccc(Oc3ccccc3)c2)c1. The lowest BCUT2D eigenvalue weighted by Crippen LogP contribution is -2.12. The Bertz CT molecular complexity index is 847. The topological polar surface area (TPSA) is 64.4 Å². The highest BCUT2D eigenvalue weighted by atomic mass is 16.5. The maximum absolute atomic E-state index is 12.2. The summed E-state index contributed by atoms with van der Waals surface area (Å²) in [5, 5.41) is 2.90. The number of ether oxygens (including phenoxy) is 1. The Kier molecular flexibility index (Phi) is 5.32. The Labute approximate surface area is 147 Å². The fraction of sp³-hybridized carbons (Fsp3) is 0.0952. The number of carbonyl (C=O) groups excluding carboxylic acids is 1. The van der Waals surface area contributed by atoms with E-state index in [0.29, 0.717) is 30.0 Å². The molecule has 3 aromatic carbocycles. The molecule has 0 spiro atoms. The standard InChI is InChI=1S/C21H20N2O2/c22-17-7-4-6-16(14-17)12-13-21(24)23-18-8-5-11-20(15-18)25-19-9-2-1-3-10-19/h1-11,14-15H,12-13,22H2,(H,23,24). The van der Waals surface area contributed by atoms with E-state index >= 15 is 0 Å². The van der Waals surface area contributed by atoms with Crippen molar-refractivity contribution in [2.24, 2.45) is 0 Å². The van der Waals surface area contributed by atoms with Gasteiger partial charge in [0.25, 0.3) is 0 Å². The normalized spacial score (nSPS) is 10.2. The summed E-state index contributed by atoms with van der Waals surface area (Å²) in [5.41, 5.74) is 8.23. The summed E-state index contributed by atoms with van der Waals surface area (Å²) in [5.74, 6) is 1.40. The van der Waals surface area contributed by atoms with Crippen LogP contribution in [-0.2, 0) is 11.2 Å². The maximum Gasteiger partial charge on any atom is 0.224 e. The molecule has 1 amide bonds. The minimum atomic E-state index is -0.0423. The van der Waals surface area contributed by atoms with Crippen LogP contribution < -0.4 is 15.8 Å². The van der Waals surface area contributed by atoms with Gasteiger partial charge in [-0.25, -0.2) is 0 Å². The summed E-state index contributed by atoms with van der Waals surface area (Å²) in [6, 6.07) is 24.5. The highest BCUT2D eigenvalue weighted by molar-refractivity contribution is 5.91. The van der Waals surface area contributed by atoms with Crippen molar-refractivity contribution in [2.75, 3.05) is 11.1 Å². The third-order valence-electron chi connectivity index (χ3n) is 3.69. The number of nitrogen functional groups attached to an aromatic ring is 1. The number of carbonyl (C=O) groups is 1. The van der Waals surface area contributed by atoms with Crippen LogP contribution >= 0.6 is 0 Å². The van der Waals surface area contributed by atoms with Crippen molar-refractivity contribution < 1.29 is 9.53 Å². The Morgan fingerprint density at radius 3 is 2.44 bits per heavy atom. The van der Waals surface area contributed by atoms with Gasteiger partial charge in [0.2, 0.25) is 5.91 Å². The zero-order valence-corrected chi connectivity index (χ0v) is 13.8. The van der Waals surface area contributed by atoms with Crippen LogP contribution in [0.1, 0.15) is 12.0 Å². The molecule has 0 saturated heterocycles. The number of nitrogens with two attached hydrogens (primary N) is 1. The highest BCUT2D eigenvalue weighted by Crippen LogP contribution is 2.24. The lowest BCUT2D eigenvalue weighted by atomic mass is 10.1.